The molecule has 0 aliphatic carbocycles. The van der Waals surface area contributed by atoms with Crippen LogP contribution in [0.4, 0.5) is 5.69 Å². The zero-order valence-electron chi connectivity index (χ0n) is 9.64. The molecular weight excluding hydrogens is 222 g/mol. The maximum Gasteiger partial charge on any atom is 0.122 e. The van der Waals surface area contributed by atoms with Gasteiger partial charge in [-0.1, -0.05) is 12.2 Å². The van der Waals surface area contributed by atoms with Gasteiger partial charge in [-0.15, -0.1) is 0 Å². The average molecular weight is 239 g/mol. The Kier molecular flexibility index (Phi) is 5.14. The Hall–Kier alpha value is -1.20. The molecule has 0 aliphatic rings. The summed E-state index contributed by atoms with van der Waals surface area (Å²) in [5, 5.41) is 0. The summed E-state index contributed by atoms with van der Waals surface area (Å²) in [6, 6.07) is 3.85. The Morgan fingerprint density at radius 3 is 2.94 bits per heavy atom. The minimum absolute atomic E-state index is 0.324. The Labute approximate surface area is 101 Å². The van der Waals surface area contributed by atoms with Gasteiger partial charge in [0.1, 0.15) is 4.99 Å². The predicted octanol–water partition coefficient (Wildman–Crippen LogP) is 1.19. The van der Waals surface area contributed by atoms with Crippen molar-refractivity contribution in [3.63, 3.8) is 0 Å². The molecule has 0 radical (unpaired) electrons. The molecule has 0 spiro atoms. The van der Waals surface area contributed by atoms with Gasteiger partial charge < -0.3 is 15.4 Å². The van der Waals surface area contributed by atoms with Crippen molar-refractivity contribution in [3.05, 3.63) is 24.0 Å². The number of nitrogens with two attached hydrogens (primary N) is 1. The summed E-state index contributed by atoms with van der Waals surface area (Å²) in [6.07, 6.45) is 1.72. The van der Waals surface area contributed by atoms with Crippen molar-refractivity contribution >= 4 is 22.9 Å². The summed E-state index contributed by atoms with van der Waals surface area (Å²) in [7, 11) is 1.70. The van der Waals surface area contributed by atoms with Gasteiger partial charge >= 0.3 is 0 Å². The number of likely N-dealkylation sites (N-methyl/N-ethyl adjacent to an activating group) is 1. The van der Waals surface area contributed by atoms with Crippen LogP contribution in [0.2, 0.25) is 0 Å². The van der Waals surface area contributed by atoms with E-state index in [0.717, 1.165) is 18.8 Å². The number of ether oxygens (including phenoxy) is 1. The van der Waals surface area contributed by atoms with Gasteiger partial charge in [0.15, 0.2) is 0 Å². The van der Waals surface area contributed by atoms with Crippen LogP contribution in [0.5, 0.6) is 0 Å². The number of rotatable bonds is 6. The molecule has 0 saturated heterocycles. The first kappa shape index (κ1) is 12.9. The lowest BCUT2D eigenvalue weighted by atomic mass is 10.3. The average Bonchev–Trinajstić information content (AvgIpc) is 2.30. The topological polar surface area (TPSA) is 51.4 Å². The Bertz CT molecular complexity index is 357. The number of hydrogen-bond donors (Lipinski definition) is 1. The van der Waals surface area contributed by atoms with E-state index in [9.17, 15) is 0 Å². The second-order valence-electron chi connectivity index (χ2n) is 3.34. The zero-order chi connectivity index (χ0) is 12.0. The zero-order valence-corrected chi connectivity index (χ0v) is 10.5. The van der Waals surface area contributed by atoms with E-state index in [1.165, 1.54) is 0 Å². The quantitative estimate of drug-likeness (QED) is 0.756. The first-order chi connectivity index (χ1) is 7.69. The van der Waals surface area contributed by atoms with Gasteiger partial charge in [0, 0.05) is 32.1 Å². The molecule has 0 aliphatic heterocycles. The van der Waals surface area contributed by atoms with E-state index < -0.39 is 0 Å². The highest BCUT2D eigenvalue weighted by molar-refractivity contribution is 7.80. The van der Waals surface area contributed by atoms with E-state index in [4.69, 9.17) is 22.7 Å². The summed E-state index contributed by atoms with van der Waals surface area (Å²) in [5.41, 5.74) is 7.27. The number of pyridine rings is 1. The van der Waals surface area contributed by atoms with Gasteiger partial charge in [-0.2, -0.15) is 0 Å². The Morgan fingerprint density at radius 1 is 1.62 bits per heavy atom. The molecule has 16 heavy (non-hydrogen) atoms. The molecule has 0 bridgehead atoms. The fraction of sp³-hybridized carbons (Fsp3) is 0.455. The number of methoxy groups -OCH3 is 1. The summed E-state index contributed by atoms with van der Waals surface area (Å²) in [5.74, 6) is 0. The molecule has 0 amide bonds. The minimum atomic E-state index is 0.324. The van der Waals surface area contributed by atoms with E-state index >= 15 is 0 Å². The third-order valence-electron chi connectivity index (χ3n) is 2.31. The largest absolute Gasteiger partial charge is 0.388 e. The molecule has 0 saturated carbocycles. The van der Waals surface area contributed by atoms with Gasteiger partial charge in [-0.05, 0) is 19.1 Å². The van der Waals surface area contributed by atoms with Crippen LogP contribution in [0, 0.1) is 0 Å². The minimum Gasteiger partial charge on any atom is -0.388 e. The predicted molar refractivity (Wildman–Crippen MR) is 69.9 cm³/mol. The normalized spacial score (nSPS) is 10.1. The smallest absolute Gasteiger partial charge is 0.122 e. The number of hydrogen-bond acceptors (Lipinski definition) is 4. The van der Waals surface area contributed by atoms with Crippen molar-refractivity contribution in [1.82, 2.24) is 4.98 Å². The first-order valence-electron chi connectivity index (χ1n) is 5.18. The maximum atomic E-state index is 5.55. The van der Waals surface area contributed by atoms with Crippen LogP contribution in [-0.2, 0) is 4.74 Å². The number of aromatic nitrogens is 1. The van der Waals surface area contributed by atoms with Gasteiger partial charge in [0.2, 0.25) is 0 Å². The highest BCUT2D eigenvalue weighted by Gasteiger charge is 2.06. The van der Waals surface area contributed by atoms with Crippen LogP contribution >= 0.6 is 12.2 Å². The van der Waals surface area contributed by atoms with E-state index in [2.05, 4.69) is 16.8 Å². The van der Waals surface area contributed by atoms with Crippen molar-refractivity contribution in [1.29, 1.82) is 0 Å². The Balaban J connectivity index is 2.83. The van der Waals surface area contributed by atoms with Gasteiger partial charge in [-0.25, -0.2) is 0 Å². The molecule has 1 aromatic heterocycles. The molecule has 0 atom stereocenters. The van der Waals surface area contributed by atoms with Crippen LogP contribution in [-0.4, -0.2) is 36.8 Å². The second-order valence-corrected chi connectivity index (χ2v) is 3.78. The standard InChI is InChI=1S/C11H17N3OS/c1-3-14(6-7-15-2)9-4-5-13-10(8-9)11(12)16/h4-5,8H,3,6-7H2,1-2H3,(H2,12,16). The third-order valence-corrected chi connectivity index (χ3v) is 2.52. The van der Waals surface area contributed by atoms with Crippen molar-refractivity contribution < 1.29 is 4.74 Å². The van der Waals surface area contributed by atoms with E-state index in [0.29, 0.717) is 17.3 Å². The molecule has 88 valence electrons. The molecule has 5 heteroatoms. The lowest BCUT2D eigenvalue weighted by Crippen LogP contribution is -2.27. The third kappa shape index (κ3) is 3.43. The van der Waals surface area contributed by atoms with Crippen molar-refractivity contribution in [3.8, 4) is 0 Å². The van der Waals surface area contributed by atoms with Crippen molar-refractivity contribution in [2.75, 3.05) is 31.7 Å². The van der Waals surface area contributed by atoms with E-state index in [1.54, 1.807) is 13.3 Å². The molecule has 1 rings (SSSR count). The van der Waals surface area contributed by atoms with Crippen LogP contribution in [0.1, 0.15) is 12.6 Å². The summed E-state index contributed by atoms with van der Waals surface area (Å²) < 4.78 is 5.07. The van der Waals surface area contributed by atoms with Crippen LogP contribution in [0.15, 0.2) is 18.3 Å². The Morgan fingerprint density at radius 2 is 2.38 bits per heavy atom. The van der Waals surface area contributed by atoms with Crippen LogP contribution < -0.4 is 10.6 Å². The van der Waals surface area contributed by atoms with E-state index in [-0.39, 0.29) is 0 Å². The van der Waals surface area contributed by atoms with Crippen LogP contribution in [0.3, 0.4) is 0 Å². The first-order valence-corrected chi connectivity index (χ1v) is 5.59. The van der Waals surface area contributed by atoms with Gasteiger partial charge in [0.05, 0.1) is 12.3 Å². The molecule has 0 unspecified atom stereocenters. The summed E-state index contributed by atoms with van der Waals surface area (Å²) in [4.78, 5) is 6.62. The summed E-state index contributed by atoms with van der Waals surface area (Å²) >= 11 is 4.90. The highest BCUT2D eigenvalue weighted by Crippen LogP contribution is 2.14. The lowest BCUT2D eigenvalue weighted by molar-refractivity contribution is 0.205. The van der Waals surface area contributed by atoms with Crippen LogP contribution in [0.25, 0.3) is 0 Å². The fourth-order valence-electron chi connectivity index (χ4n) is 1.42. The molecular formula is C11H17N3OS. The monoisotopic (exact) mass is 239 g/mol. The highest BCUT2D eigenvalue weighted by atomic mass is 32.1. The molecule has 1 heterocycles. The van der Waals surface area contributed by atoms with Gasteiger partial charge in [-0.3, -0.25) is 4.98 Å². The van der Waals surface area contributed by atoms with Gasteiger partial charge in [0.25, 0.3) is 0 Å². The molecule has 1 aromatic rings. The fourth-order valence-corrected chi connectivity index (χ4v) is 1.53. The number of anilines is 1. The van der Waals surface area contributed by atoms with Crippen molar-refractivity contribution in [2.24, 2.45) is 5.73 Å². The lowest BCUT2D eigenvalue weighted by Gasteiger charge is -2.22. The molecule has 0 aromatic carbocycles. The second kappa shape index (κ2) is 6.40. The molecule has 2 N–H and O–H groups in total. The number of thiocarbonyl (C=S) groups is 1. The molecule has 4 nitrogen and oxygen atoms in total. The summed E-state index contributed by atoms with van der Waals surface area (Å²) in [6.45, 7) is 4.53. The maximum absolute atomic E-state index is 5.55. The SMILES string of the molecule is CCN(CCOC)c1ccnc(C(N)=S)c1. The molecule has 0 fully saturated rings. The van der Waals surface area contributed by atoms with Crippen molar-refractivity contribution in [2.45, 2.75) is 6.92 Å². The number of nitrogens with zero attached hydrogens (tertiary/aromatic N) is 2. The van der Waals surface area contributed by atoms with E-state index in [1.807, 2.05) is 12.1 Å².